The lowest BCUT2D eigenvalue weighted by atomic mass is 10.2. The second kappa shape index (κ2) is 4.60. The number of aliphatic hydroxyl groups is 1. The molecule has 82 valence electrons. The summed E-state index contributed by atoms with van der Waals surface area (Å²) in [5, 5.41) is 9.31. The first-order valence-corrected chi connectivity index (χ1v) is 5.90. The zero-order valence-corrected chi connectivity index (χ0v) is 9.15. The van der Waals surface area contributed by atoms with Crippen LogP contribution in [0.25, 0.3) is 0 Å². The van der Waals surface area contributed by atoms with Crippen molar-refractivity contribution in [3.63, 3.8) is 0 Å². The fourth-order valence-electron chi connectivity index (χ4n) is 2.76. The van der Waals surface area contributed by atoms with E-state index in [2.05, 4.69) is 9.80 Å². The first-order chi connectivity index (χ1) is 6.75. The molecular formula is C11H22N2O. The summed E-state index contributed by atoms with van der Waals surface area (Å²) in [7, 11) is 0. The molecule has 0 amide bonds. The van der Waals surface area contributed by atoms with E-state index in [9.17, 15) is 5.11 Å². The minimum atomic E-state index is -0.174. The van der Waals surface area contributed by atoms with E-state index in [1.54, 1.807) is 0 Å². The van der Waals surface area contributed by atoms with Gasteiger partial charge in [-0.15, -0.1) is 0 Å². The Morgan fingerprint density at radius 3 is 2.64 bits per heavy atom. The summed E-state index contributed by atoms with van der Waals surface area (Å²) in [5.41, 5.74) is 0. The van der Waals surface area contributed by atoms with Crippen molar-refractivity contribution in [1.82, 2.24) is 9.80 Å². The molecule has 2 saturated heterocycles. The molecule has 2 atom stereocenters. The third-order valence-electron chi connectivity index (χ3n) is 3.43. The maximum absolute atomic E-state index is 9.31. The zero-order chi connectivity index (χ0) is 9.97. The average molecular weight is 198 g/mol. The summed E-state index contributed by atoms with van der Waals surface area (Å²) in [6, 6.07) is 0.774. The van der Waals surface area contributed by atoms with Crippen molar-refractivity contribution < 1.29 is 5.11 Å². The van der Waals surface area contributed by atoms with Gasteiger partial charge in [-0.2, -0.15) is 0 Å². The molecule has 1 unspecified atom stereocenters. The van der Waals surface area contributed by atoms with Gasteiger partial charge >= 0.3 is 0 Å². The van der Waals surface area contributed by atoms with Gasteiger partial charge in [-0.3, -0.25) is 9.80 Å². The fourth-order valence-corrected chi connectivity index (χ4v) is 2.76. The number of β-amino-alcohol motifs (C(OH)–C–C–N with tert-alkyl or cyclic N) is 1. The van der Waals surface area contributed by atoms with Gasteiger partial charge in [-0.05, 0) is 45.8 Å². The molecule has 0 spiro atoms. The molecule has 1 N–H and O–H groups in total. The highest BCUT2D eigenvalue weighted by atomic mass is 16.3. The fraction of sp³-hybridized carbons (Fsp3) is 1.00. The molecule has 2 aliphatic heterocycles. The summed E-state index contributed by atoms with van der Waals surface area (Å²) >= 11 is 0. The van der Waals surface area contributed by atoms with Crippen LogP contribution in [0.15, 0.2) is 0 Å². The second-order valence-corrected chi connectivity index (χ2v) is 4.79. The van der Waals surface area contributed by atoms with Crippen molar-refractivity contribution in [3.05, 3.63) is 0 Å². The predicted octanol–water partition coefficient (Wildman–Crippen LogP) is 0.537. The molecule has 0 radical (unpaired) electrons. The van der Waals surface area contributed by atoms with Crippen molar-refractivity contribution in [3.8, 4) is 0 Å². The maximum atomic E-state index is 9.31. The highest BCUT2D eigenvalue weighted by Crippen LogP contribution is 2.20. The van der Waals surface area contributed by atoms with Gasteiger partial charge in [0.15, 0.2) is 0 Å². The molecule has 0 aromatic rings. The molecule has 3 heteroatoms. The number of hydrogen-bond acceptors (Lipinski definition) is 3. The van der Waals surface area contributed by atoms with E-state index in [0.29, 0.717) is 0 Å². The minimum absolute atomic E-state index is 0.174. The number of rotatable bonds is 3. The van der Waals surface area contributed by atoms with Crippen molar-refractivity contribution in [2.75, 3.05) is 32.7 Å². The maximum Gasteiger partial charge on any atom is 0.0639 e. The largest absolute Gasteiger partial charge is 0.392 e. The molecular weight excluding hydrogens is 176 g/mol. The Labute approximate surface area is 86.7 Å². The van der Waals surface area contributed by atoms with Gasteiger partial charge in [-0.25, -0.2) is 0 Å². The van der Waals surface area contributed by atoms with Crippen LogP contribution >= 0.6 is 0 Å². The van der Waals surface area contributed by atoms with Crippen LogP contribution in [0.2, 0.25) is 0 Å². The van der Waals surface area contributed by atoms with Crippen LogP contribution in [0.4, 0.5) is 0 Å². The van der Waals surface area contributed by atoms with Crippen LogP contribution < -0.4 is 0 Å². The van der Waals surface area contributed by atoms with Crippen molar-refractivity contribution in [1.29, 1.82) is 0 Å². The number of nitrogens with zero attached hydrogens (tertiary/aromatic N) is 2. The molecule has 2 aliphatic rings. The average Bonchev–Trinajstić information content (AvgIpc) is 2.69. The number of likely N-dealkylation sites (tertiary alicyclic amines) is 2. The summed E-state index contributed by atoms with van der Waals surface area (Å²) in [4.78, 5) is 5.02. The lowest BCUT2D eigenvalue weighted by Crippen LogP contribution is -2.36. The summed E-state index contributed by atoms with van der Waals surface area (Å²) in [5.74, 6) is 0. The van der Waals surface area contributed by atoms with Gasteiger partial charge in [-0.1, -0.05) is 0 Å². The predicted molar refractivity (Wildman–Crippen MR) is 57.3 cm³/mol. The van der Waals surface area contributed by atoms with E-state index < -0.39 is 0 Å². The van der Waals surface area contributed by atoms with Gasteiger partial charge in [0.05, 0.1) is 6.10 Å². The van der Waals surface area contributed by atoms with Crippen LogP contribution in [0, 0.1) is 0 Å². The molecule has 0 aromatic heterocycles. The molecule has 2 rings (SSSR count). The van der Waals surface area contributed by atoms with Gasteiger partial charge in [0.25, 0.3) is 0 Å². The Kier molecular flexibility index (Phi) is 3.42. The normalized spacial score (nSPS) is 32.6. The van der Waals surface area contributed by atoms with Crippen molar-refractivity contribution in [2.24, 2.45) is 0 Å². The number of hydrogen-bond donors (Lipinski definition) is 1. The van der Waals surface area contributed by atoms with E-state index in [0.717, 1.165) is 12.6 Å². The van der Waals surface area contributed by atoms with Crippen molar-refractivity contribution >= 4 is 0 Å². The third kappa shape index (κ3) is 2.47. The van der Waals surface area contributed by atoms with Crippen LogP contribution in [0.1, 0.15) is 26.2 Å². The summed E-state index contributed by atoms with van der Waals surface area (Å²) < 4.78 is 0. The van der Waals surface area contributed by atoms with Gasteiger partial charge < -0.3 is 5.11 Å². The van der Waals surface area contributed by atoms with E-state index in [1.165, 1.54) is 45.4 Å². The summed E-state index contributed by atoms with van der Waals surface area (Å²) in [6.45, 7) is 7.67. The standard InChI is InChI=1S/C11H22N2O/c1-10(14)8-12-7-4-11(9-12)13-5-2-3-6-13/h10-11,14H,2-9H2,1H3/t10-,11?/m1/s1. The molecule has 2 heterocycles. The van der Waals surface area contributed by atoms with E-state index in [4.69, 9.17) is 0 Å². The Balaban J connectivity index is 1.76. The Morgan fingerprint density at radius 1 is 1.29 bits per heavy atom. The first-order valence-electron chi connectivity index (χ1n) is 5.90. The van der Waals surface area contributed by atoms with Crippen molar-refractivity contribution in [2.45, 2.75) is 38.3 Å². The summed E-state index contributed by atoms with van der Waals surface area (Å²) in [6.07, 6.45) is 3.89. The Morgan fingerprint density at radius 2 is 2.00 bits per heavy atom. The molecule has 0 aliphatic carbocycles. The first kappa shape index (κ1) is 10.4. The SMILES string of the molecule is C[C@@H](O)CN1CCC(N2CCCC2)C1. The Hall–Kier alpha value is -0.120. The van der Waals surface area contributed by atoms with Gasteiger partial charge in [0.1, 0.15) is 0 Å². The molecule has 0 bridgehead atoms. The highest BCUT2D eigenvalue weighted by molar-refractivity contribution is 4.85. The topological polar surface area (TPSA) is 26.7 Å². The van der Waals surface area contributed by atoms with Crippen LogP contribution in [0.3, 0.4) is 0 Å². The Bertz CT molecular complexity index is 178. The van der Waals surface area contributed by atoms with E-state index in [-0.39, 0.29) is 6.10 Å². The van der Waals surface area contributed by atoms with Gasteiger partial charge in [0, 0.05) is 19.1 Å². The molecule has 14 heavy (non-hydrogen) atoms. The molecule has 2 fully saturated rings. The zero-order valence-electron chi connectivity index (χ0n) is 9.15. The second-order valence-electron chi connectivity index (χ2n) is 4.79. The molecule has 3 nitrogen and oxygen atoms in total. The molecule has 0 aromatic carbocycles. The third-order valence-corrected chi connectivity index (χ3v) is 3.43. The lowest BCUT2D eigenvalue weighted by Gasteiger charge is -2.24. The van der Waals surface area contributed by atoms with E-state index in [1.807, 2.05) is 6.92 Å². The van der Waals surface area contributed by atoms with Crippen LogP contribution in [0.5, 0.6) is 0 Å². The quantitative estimate of drug-likeness (QED) is 0.717. The van der Waals surface area contributed by atoms with Crippen LogP contribution in [-0.4, -0.2) is 59.8 Å². The van der Waals surface area contributed by atoms with Crippen LogP contribution in [-0.2, 0) is 0 Å². The number of aliphatic hydroxyl groups excluding tert-OH is 1. The monoisotopic (exact) mass is 198 g/mol. The lowest BCUT2D eigenvalue weighted by molar-refractivity contribution is 0.134. The molecule has 0 saturated carbocycles. The minimum Gasteiger partial charge on any atom is -0.392 e. The smallest absolute Gasteiger partial charge is 0.0639 e. The van der Waals surface area contributed by atoms with E-state index >= 15 is 0 Å². The van der Waals surface area contributed by atoms with Gasteiger partial charge in [0.2, 0.25) is 0 Å². The highest BCUT2D eigenvalue weighted by Gasteiger charge is 2.29.